The number of hydrogen-bond donors (Lipinski definition) is 0. The maximum atomic E-state index is 13.2. The minimum Gasteiger partial charge on any atom is -0.345 e. The summed E-state index contributed by atoms with van der Waals surface area (Å²) in [6.07, 6.45) is 2.33. The zero-order valence-corrected chi connectivity index (χ0v) is 18.8. The van der Waals surface area contributed by atoms with Crippen LogP contribution in [0.15, 0.2) is 79.5 Å². The first-order chi connectivity index (χ1) is 15.8. The summed E-state index contributed by atoms with van der Waals surface area (Å²) in [5, 5.41) is 0. The van der Waals surface area contributed by atoms with E-state index < -0.39 is 11.7 Å². The van der Waals surface area contributed by atoms with Gasteiger partial charge < -0.3 is 9.47 Å². The molecule has 6 heteroatoms. The topological polar surface area (TPSA) is 25.2 Å². The van der Waals surface area contributed by atoms with Crippen molar-refractivity contribution >= 4 is 5.91 Å². The van der Waals surface area contributed by atoms with Crippen molar-refractivity contribution in [2.45, 2.75) is 45.5 Å². The van der Waals surface area contributed by atoms with E-state index in [0.717, 1.165) is 37.1 Å². The summed E-state index contributed by atoms with van der Waals surface area (Å²) >= 11 is 0. The van der Waals surface area contributed by atoms with Crippen LogP contribution in [0, 0.1) is 0 Å². The number of carbonyl (C=O) groups excluding carboxylic acids is 1. The van der Waals surface area contributed by atoms with Crippen LogP contribution in [-0.2, 0) is 25.7 Å². The van der Waals surface area contributed by atoms with Crippen molar-refractivity contribution in [1.29, 1.82) is 0 Å². The van der Waals surface area contributed by atoms with Gasteiger partial charge in [0, 0.05) is 30.5 Å². The average molecular weight is 455 g/mol. The number of rotatable bonds is 10. The summed E-state index contributed by atoms with van der Waals surface area (Å²) in [7, 11) is 0. The highest BCUT2D eigenvalue weighted by molar-refractivity contribution is 5.94. The van der Waals surface area contributed by atoms with Crippen LogP contribution >= 0.6 is 0 Å². The lowest BCUT2D eigenvalue weighted by Gasteiger charge is -2.22. The van der Waals surface area contributed by atoms with Crippen LogP contribution in [0.25, 0.3) is 0 Å². The summed E-state index contributed by atoms with van der Waals surface area (Å²) in [5.74, 6) is -0.108. The van der Waals surface area contributed by atoms with Crippen LogP contribution < -0.4 is 0 Å². The fourth-order valence-corrected chi connectivity index (χ4v) is 3.74. The molecule has 0 radical (unpaired) electrons. The van der Waals surface area contributed by atoms with E-state index in [9.17, 15) is 18.0 Å². The first-order valence-electron chi connectivity index (χ1n) is 11.1. The molecule has 174 valence electrons. The van der Waals surface area contributed by atoms with Gasteiger partial charge in [-0.25, -0.2) is 0 Å². The van der Waals surface area contributed by atoms with E-state index in [1.54, 1.807) is 17.0 Å². The standard InChI is InChI=1S/C27H29F3N2O/c1-3-5-8-21-12-14-23(15-13-21)26(33)32(16-4-2)20-25-11-7-17-31(25)19-22-9-6-10-24(18-22)27(28,29)30/h4,6-7,9-15,17-18H,2-3,5,8,16,19-20H2,1H3. The predicted molar refractivity (Wildman–Crippen MR) is 125 cm³/mol. The molecule has 0 spiro atoms. The third-order valence-electron chi connectivity index (χ3n) is 5.54. The van der Waals surface area contributed by atoms with Gasteiger partial charge in [0.1, 0.15) is 0 Å². The number of aromatic nitrogens is 1. The fraction of sp³-hybridized carbons (Fsp3) is 0.296. The summed E-state index contributed by atoms with van der Waals surface area (Å²) in [6, 6.07) is 16.7. The van der Waals surface area contributed by atoms with Crippen molar-refractivity contribution in [1.82, 2.24) is 9.47 Å². The molecule has 0 atom stereocenters. The van der Waals surface area contributed by atoms with Gasteiger partial charge in [-0.3, -0.25) is 4.79 Å². The number of unbranched alkanes of at least 4 members (excludes halogenated alkanes) is 1. The summed E-state index contributed by atoms with van der Waals surface area (Å²) in [5.41, 5.74) is 2.53. The van der Waals surface area contributed by atoms with Gasteiger partial charge in [-0.05, 0) is 60.4 Å². The Kier molecular flexibility index (Phi) is 8.15. The van der Waals surface area contributed by atoms with E-state index in [2.05, 4.69) is 13.5 Å². The SMILES string of the molecule is C=CCN(Cc1cccn1Cc1cccc(C(F)(F)F)c1)C(=O)c1ccc(CCCC)cc1. The Morgan fingerprint density at radius 1 is 1.06 bits per heavy atom. The molecule has 2 aromatic carbocycles. The van der Waals surface area contributed by atoms with Crippen LogP contribution in [0.4, 0.5) is 13.2 Å². The molecule has 0 aliphatic rings. The van der Waals surface area contributed by atoms with Crippen molar-refractivity contribution in [2.24, 2.45) is 0 Å². The Morgan fingerprint density at radius 3 is 2.48 bits per heavy atom. The summed E-state index contributed by atoms with van der Waals surface area (Å²) < 4.78 is 41.0. The van der Waals surface area contributed by atoms with Gasteiger partial charge in [-0.1, -0.05) is 43.7 Å². The number of nitrogens with zero attached hydrogens (tertiary/aromatic N) is 2. The van der Waals surface area contributed by atoms with E-state index >= 15 is 0 Å². The Balaban J connectivity index is 1.75. The monoisotopic (exact) mass is 454 g/mol. The van der Waals surface area contributed by atoms with Gasteiger partial charge in [-0.15, -0.1) is 6.58 Å². The molecule has 0 saturated carbocycles. The van der Waals surface area contributed by atoms with Crippen molar-refractivity contribution in [2.75, 3.05) is 6.54 Å². The van der Waals surface area contributed by atoms with E-state index in [0.29, 0.717) is 24.2 Å². The number of halogens is 3. The summed E-state index contributed by atoms with van der Waals surface area (Å²) in [4.78, 5) is 14.8. The first kappa shape index (κ1) is 24.4. The maximum absolute atomic E-state index is 13.2. The molecular weight excluding hydrogens is 425 g/mol. The Hall–Kier alpha value is -3.28. The van der Waals surface area contributed by atoms with E-state index in [1.807, 2.05) is 47.2 Å². The largest absolute Gasteiger partial charge is 0.416 e. The molecule has 3 rings (SSSR count). The quantitative estimate of drug-likeness (QED) is 0.312. The minimum atomic E-state index is -4.38. The van der Waals surface area contributed by atoms with E-state index in [4.69, 9.17) is 0 Å². The molecule has 0 aliphatic heterocycles. The zero-order valence-electron chi connectivity index (χ0n) is 18.8. The normalized spacial score (nSPS) is 11.4. The number of amides is 1. The van der Waals surface area contributed by atoms with Crippen LogP contribution in [-0.4, -0.2) is 21.9 Å². The highest BCUT2D eigenvalue weighted by Crippen LogP contribution is 2.29. The molecule has 0 fully saturated rings. The highest BCUT2D eigenvalue weighted by atomic mass is 19.4. The number of carbonyl (C=O) groups is 1. The Morgan fingerprint density at radius 2 is 1.82 bits per heavy atom. The van der Waals surface area contributed by atoms with Gasteiger partial charge in [-0.2, -0.15) is 13.2 Å². The second-order valence-electron chi connectivity index (χ2n) is 8.10. The molecule has 1 aromatic heterocycles. The third kappa shape index (κ3) is 6.60. The molecule has 1 amide bonds. The lowest BCUT2D eigenvalue weighted by molar-refractivity contribution is -0.137. The second-order valence-corrected chi connectivity index (χ2v) is 8.10. The van der Waals surface area contributed by atoms with Crippen LogP contribution in [0.1, 0.15) is 52.5 Å². The Bertz CT molecular complexity index is 1070. The second kappa shape index (κ2) is 11.0. The first-order valence-corrected chi connectivity index (χ1v) is 11.1. The van der Waals surface area contributed by atoms with Crippen molar-refractivity contribution in [3.63, 3.8) is 0 Å². The van der Waals surface area contributed by atoms with E-state index in [-0.39, 0.29) is 12.5 Å². The van der Waals surface area contributed by atoms with Crippen LogP contribution in [0.3, 0.4) is 0 Å². The van der Waals surface area contributed by atoms with Gasteiger partial charge in [0.15, 0.2) is 0 Å². The zero-order chi connectivity index (χ0) is 23.8. The van der Waals surface area contributed by atoms with Gasteiger partial charge in [0.05, 0.1) is 12.1 Å². The number of alkyl halides is 3. The summed E-state index contributed by atoms with van der Waals surface area (Å²) in [6.45, 7) is 6.90. The molecule has 0 unspecified atom stereocenters. The van der Waals surface area contributed by atoms with Crippen molar-refractivity contribution < 1.29 is 18.0 Å². The fourth-order valence-electron chi connectivity index (χ4n) is 3.74. The van der Waals surface area contributed by atoms with E-state index in [1.165, 1.54) is 11.6 Å². The van der Waals surface area contributed by atoms with Crippen LogP contribution in [0.2, 0.25) is 0 Å². The highest BCUT2D eigenvalue weighted by Gasteiger charge is 2.30. The smallest absolute Gasteiger partial charge is 0.345 e. The molecule has 1 heterocycles. The number of hydrogen-bond acceptors (Lipinski definition) is 1. The molecule has 3 aromatic rings. The molecule has 0 aliphatic carbocycles. The molecular formula is C27H29F3N2O. The Labute approximate surface area is 193 Å². The molecule has 3 nitrogen and oxygen atoms in total. The molecule has 0 bridgehead atoms. The molecule has 33 heavy (non-hydrogen) atoms. The lowest BCUT2D eigenvalue weighted by atomic mass is 10.1. The predicted octanol–water partition coefficient (Wildman–Crippen LogP) is 6.73. The van der Waals surface area contributed by atoms with Crippen molar-refractivity contribution in [3.05, 3.63) is 107 Å². The van der Waals surface area contributed by atoms with Gasteiger partial charge in [0.25, 0.3) is 5.91 Å². The van der Waals surface area contributed by atoms with Crippen molar-refractivity contribution in [3.8, 4) is 0 Å². The molecule has 0 saturated heterocycles. The molecule has 0 N–H and O–H groups in total. The lowest BCUT2D eigenvalue weighted by Crippen LogP contribution is -2.31. The third-order valence-corrected chi connectivity index (χ3v) is 5.54. The van der Waals surface area contributed by atoms with Gasteiger partial charge in [0.2, 0.25) is 0 Å². The van der Waals surface area contributed by atoms with Gasteiger partial charge >= 0.3 is 6.18 Å². The van der Waals surface area contributed by atoms with Crippen LogP contribution in [0.5, 0.6) is 0 Å². The minimum absolute atomic E-state index is 0.108. The number of benzene rings is 2. The maximum Gasteiger partial charge on any atom is 0.416 e. The average Bonchev–Trinajstić information content (AvgIpc) is 3.23. The number of aryl methyl sites for hydroxylation is 1.